The largest absolute Gasteiger partial charge is 0.339 e. The Morgan fingerprint density at radius 2 is 1.64 bits per heavy atom. The second kappa shape index (κ2) is 7.53. The highest BCUT2D eigenvalue weighted by atomic mass is 32.2. The van der Waals surface area contributed by atoms with E-state index in [1.165, 1.54) is 30.4 Å². The zero-order valence-electron chi connectivity index (χ0n) is 15.1. The zero-order chi connectivity index (χ0) is 18.8. The maximum Gasteiger partial charge on any atom is 0.254 e. The molecule has 0 N–H and O–H groups in total. The molecule has 2 rings (SSSR count). The van der Waals surface area contributed by atoms with Crippen molar-refractivity contribution in [3.8, 4) is 0 Å². The van der Waals surface area contributed by atoms with Crippen LogP contribution in [0, 0.1) is 0 Å². The lowest BCUT2D eigenvalue weighted by atomic mass is 10.2. The number of piperazine rings is 1. The first kappa shape index (κ1) is 19.4. The van der Waals surface area contributed by atoms with Gasteiger partial charge in [0.2, 0.25) is 15.9 Å². The Morgan fingerprint density at radius 1 is 1.08 bits per heavy atom. The van der Waals surface area contributed by atoms with Gasteiger partial charge >= 0.3 is 0 Å². The minimum atomic E-state index is -3.64. The molecule has 1 aromatic rings. The van der Waals surface area contributed by atoms with E-state index in [1.807, 2.05) is 0 Å². The Bertz CT molecular complexity index is 753. The molecule has 1 aliphatic rings. The molecule has 1 aromatic carbocycles. The molecule has 1 saturated heterocycles. The molecule has 0 atom stereocenters. The maximum absolute atomic E-state index is 12.7. The number of benzene rings is 1. The van der Waals surface area contributed by atoms with Gasteiger partial charge in [-0.25, -0.2) is 8.42 Å². The quantitative estimate of drug-likeness (QED) is 0.796. The molecule has 0 radical (unpaired) electrons. The van der Waals surface area contributed by atoms with Gasteiger partial charge in [-0.1, -0.05) is 6.07 Å². The number of amides is 2. The van der Waals surface area contributed by atoms with Crippen LogP contribution in [0.5, 0.6) is 0 Å². The van der Waals surface area contributed by atoms with Crippen molar-refractivity contribution < 1.29 is 18.0 Å². The van der Waals surface area contributed by atoms with E-state index < -0.39 is 10.0 Å². The van der Waals surface area contributed by atoms with Crippen LogP contribution in [0.3, 0.4) is 0 Å². The standard InChI is InChI=1S/C17H25N3O4S/c1-13(2)18(4)25(23,24)16-7-5-6-15(12-16)17(22)20-10-8-19(9-11-20)14(3)21/h5-7,12-13H,8-11H2,1-4H3. The van der Waals surface area contributed by atoms with Gasteiger partial charge in [-0.05, 0) is 32.0 Å². The van der Waals surface area contributed by atoms with Crippen LogP contribution in [-0.2, 0) is 14.8 Å². The molecule has 25 heavy (non-hydrogen) atoms. The number of hydrogen-bond donors (Lipinski definition) is 0. The molecule has 138 valence electrons. The van der Waals surface area contributed by atoms with Gasteiger partial charge in [-0.15, -0.1) is 0 Å². The minimum Gasteiger partial charge on any atom is -0.339 e. The van der Waals surface area contributed by atoms with Crippen molar-refractivity contribution in [2.75, 3.05) is 33.2 Å². The summed E-state index contributed by atoms with van der Waals surface area (Å²) < 4.78 is 26.5. The SMILES string of the molecule is CC(=O)N1CCN(C(=O)c2cccc(S(=O)(=O)N(C)C(C)C)c2)CC1. The highest BCUT2D eigenvalue weighted by Gasteiger charge is 2.26. The summed E-state index contributed by atoms with van der Waals surface area (Å²) in [5.41, 5.74) is 0.342. The van der Waals surface area contributed by atoms with Crippen LogP contribution < -0.4 is 0 Å². The van der Waals surface area contributed by atoms with Crippen LogP contribution in [0.4, 0.5) is 0 Å². The van der Waals surface area contributed by atoms with E-state index in [-0.39, 0.29) is 22.8 Å². The molecule has 0 unspecified atom stereocenters. The third kappa shape index (κ3) is 4.19. The van der Waals surface area contributed by atoms with Gasteiger partial charge < -0.3 is 9.80 Å². The summed E-state index contributed by atoms with van der Waals surface area (Å²) in [6.07, 6.45) is 0. The molecule has 0 saturated carbocycles. The van der Waals surface area contributed by atoms with E-state index >= 15 is 0 Å². The van der Waals surface area contributed by atoms with E-state index in [0.717, 1.165) is 0 Å². The van der Waals surface area contributed by atoms with Gasteiger partial charge in [0.05, 0.1) is 4.90 Å². The summed E-state index contributed by atoms with van der Waals surface area (Å²) >= 11 is 0. The fourth-order valence-corrected chi connectivity index (χ4v) is 4.05. The van der Waals surface area contributed by atoms with Crippen molar-refractivity contribution in [3.63, 3.8) is 0 Å². The van der Waals surface area contributed by atoms with E-state index in [1.54, 1.807) is 35.8 Å². The van der Waals surface area contributed by atoms with E-state index in [9.17, 15) is 18.0 Å². The number of carbonyl (C=O) groups is 2. The second-order valence-corrected chi connectivity index (χ2v) is 8.44. The van der Waals surface area contributed by atoms with Gasteiger partial charge in [-0.2, -0.15) is 4.31 Å². The molecule has 1 heterocycles. The Hall–Kier alpha value is -1.93. The molecule has 0 bridgehead atoms. The Labute approximate surface area is 149 Å². The first-order valence-corrected chi connectivity index (χ1v) is 9.71. The van der Waals surface area contributed by atoms with Gasteiger partial charge in [-0.3, -0.25) is 9.59 Å². The van der Waals surface area contributed by atoms with Gasteiger partial charge in [0.25, 0.3) is 5.91 Å². The summed E-state index contributed by atoms with van der Waals surface area (Å²) in [5, 5.41) is 0. The molecule has 8 heteroatoms. The molecule has 7 nitrogen and oxygen atoms in total. The Morgan fingerprint density at radius 3 is 2.16 bits per heavy atom. The molecule has 0 aromatic heterocycles. The fourth-order valence-electron chi connectivity index (χ4n) is 2.64. The van der Waals surface area contributed by atoms with E-state index in [0.29, 0.717) is 31.7 Å². The number of hydrogen-bond acceptors (Lipinski definition) is 4. The van der Waals surface area contributed by atoms with Crippen molar-refractivity contribution in [1.82, 2.24) is 14.1 Å². The van der Waals surface area contributed by atoms with Crippen LogP contribution in [0.25, 0.3) is 0 Å². The normalized spacial score (nSPS) is 15.8. The predicted octanol–water partition coefficient (Wildman–Crippen LogP) is 1.02. The minimum absolute atomic E-state index is 0.00286. The molecular weight excluding hydrogens is 342 g/mol. The van der Waals surface area contributed by atoms with Crippen LogP contribution in [0.2, 0.25) is 0 Å². The zero-order valence-corrected chi connectivity index (χ0v) is 15.9. The summed E-state index contributed by atoms with van der Waals surface area (Å²) in [4.78, 5) is 27.5. The molecule has 1 aliphatic heterocycles. The van der Waals surface area contributed by atoms with Gasteiger partial charge in [0.1, 0.15) is 0 Å². The third-order valence-corrected chi connectivity index (χ3v) is 6.53. The monoisotopic (exact) mass is 367 g/mol. The highest BCUT2D eigenvalue weighted by Crippen LogP contribution is 2.19. The van der Waals surface area contributed by atoms with Crippen LogP contribution in [0.1, 0.15) is 31.1 Å². The lowest BCUT2D eigenvalue weighted by Crippen LogP contribution is -2.50. The van der Waals surface area contributed by atoms with Crippen LogP contribution in [-0.4, -0.2) is 73.6 Å². The second-order valence-electron chi connectivity index (χ2n) is 6.44. The summed E-state index contributed by atoms with van der Waals surface area (Å²) in [7, 11) is -2.11. The van der Waals surface area contributed by atoms with E-state index in [4.69, 9.17) is 0 Å². The molecule has 2 amide bonds. The molecular formula is C17H25N3O4S. The highest BCUT2D eigenvalue weighted by molar-refractivity contribution is 7.89. The van der Waals surface area contributed by atoms with Crippen molar-refractivity contribution in [3.05, 3.63) is 29.8 Å². The van der Waals surface area contributed by atoms with Gasteiger partial charge in [0, 0.05) is 51.8 Å². The van der Waals surface area contributed by atoms with Crippen LogP contribution in [0.15, 0.2) is 29.2 Å². The number of sulfonamides is 1. The molecule has 0 aliphatic carbocycles. The topological polar surface area (TPSA) is 78.0 Å². The van der Waals surface area contributed by atoms with Crippen molar-refractivity contribution in [1.29, 1.82) is 0 Å². The van der Waals surface area contributed by atoms with Crippen molar-refractivity contribution >= 4 is 21.8 Å². The average molecular weight is 367 g/mol. The Balaban J connectivity index is 2.19. The smallest absolute Gasteiger partial charge is 0.254 e. The number of nitrogens with zero attached hydrogens (tertiary/aromatic N) is 3. The molecule has 0 spiro atoms. The third-order valence-electron chi connectivity index (χ3n) is 4.50. The number of rotatable bonds is 4. The Kier molecular flexibility index (Phi) is 5.84. The lowest BCUT2D eigenvalue weighted by molar-refractivity contribution is -0.130. The predicted molar refractivity (Wildman–Crippen MR) is 94.7 cm³/mol. The van der Waals surface area contributed by atoms with Crippen molar-refractivity contribution in [2.24, 2.45) is 0 Å². The first-order chi connectivity index (χ1) is 11.6. The van der Waals surface area contributed by atoms with Crippen molar-refractivity contribution in [2.45, 2.75) is 31.7 Å². The summed E-state index contributed by atoms with van der Waals surface area (Å²) in [6, 6.07) is 5.95. The van der Waals surface area contributed by atoms with E-state index in [2.05, 4.69) is 0 Å². The summed E-state index contributed by atoms with van der Waals surface area (Å²) in [6.45, 7) is 6.98. The first-order valence-electron chi connectivity index (χ1n) is 8.27. The van der Waals surface area contributed by atoms with Crippen LogP contribution >= 0.6 is 0 Å². The van der Waals surface area contributed by atoms with Gasteiger partial charge in [0.15, 0.2) is 0 Å². The fraction of sp³-hybridized carbons (Fsp3) is 0.529. The number of carbonyl (C=O) groups excluding carboxylic acids is 2. The maximum atomic E-state index is 12.7. The lowest BCUT2D eigenvalue weighted by Gasteiger charge is -2.34. The molecule has 1 fully saturated rings. The average Bonchev–Trinajstić information content (AvgIpc) is 2.60. The summed E-state index contributed by atoms with van der Waals surface area (Å²) in [5.74, 6) is -0.218.